The Hall–Kier alpha value is -1.68. The van der Waals surface area contributed by atoms with Gasteiger partial charge in [-0.25, -0.2) is 0 Å². The van der Waals surface area contributed by atoms with Crippen molar-refractivity contribution < 1.29 is 4.74 Å². The highest BCUT2D eigenvalue weighted by Crippen LogP contribution is 2.40. The van der Waals surface area contributed by atoms with Gasteiger partial charge in [-0.15, -0.1) is 0 Å². The molecule has 0 amide bonds. The summed E-state index contributed by atoms with van der Waals surface area (Å²) in [7, 11) is 1.63. The average Bonchev–Trinajstić information content (AvgIpc) is 2.79. The molecule has 20 heavy (non-hydrogen) atoms. The summed E-state index contributed by atoms with van der Waals surface area (Å²) in [4.78, 5) is 0. The summed E-state index contributed by atoms with van der Waals surface area (Å²) < 4.78 is 5.42. The van der Waals surface area contributed by atoms with Gasteiger partial charge in [-0.1, -0.05) is 32.4 Å². The second-order valence-electron chi connectivity index (χ2n) is 5.27. The highest BCUT2D eigenvalue weighted by Gasteiger charge is 2.22. The molecule has 2 aromatic rings. The first kappa shape index (κ1) is 14.7. The van der Waals surface area contributed by atoms with Crippen molar-refractivity contribution >= 4 is 17.4 Å². The van der Waals surface area contributed by atoms with Crippen LogP contribution in [0.15, 0.2) is 18.2 Å². The second-order valence-corrected chi connectivity index (χ2v) is 5.71. The number of aromatic amines is 1. The van der Waals surface area contributed by atoms with Gasteiger partial charge in [-0.2, -0.15) is 5.10 Å². The van der Waals surface area contributed by atoms with Crippen LogP contribution in [0.2, 0.25) is 5.02 Å². The number of ether oxygens (including phenoxy) is 1. The third-order valence-corrected chi connectivity index (χ3v) is 3.94. The van der Waals surface area contributed by atoms with Crippen LogP contribution in [0.5, 0.6) is 5.75 Å². The van der Waals surface area contributed by atoms with Crippen molar-refractivity contribution in [1.29, 1.82) is 0 Å². The van der Waals surface area contributed by atoms with Crippen LogP contribution in [0.1, 0.15) is 32.4 Å². The van der Waals surface area contributed by atoms with Crippen LogP contribution >= 0.6 is 11.6 Å². The lowest BCUT2D eigenvalue weighted by Crippen LogP contribution is -2.04. The van der Waals surface area contributed by atoms with E-state index < -0.39 is 0 Å². The van der Waals surface area contributed by atoms with E-state index in [-0.39, 0.29) is 0 Å². The molecule has 108 valence electrons. The van der Waals surface area contributed by atoms with Gasteiger partial charge in [0.25, 0.3) is 0 Å². The largest absolute Gasteiger partial charge is 0.496 e. The van der Waals surface area contributed by atoms with Crippen LogP contribution in [0, 0.1) is 5.92 Å². The molecule has 1 atom stereocenters. The Morgan fingerprint density at radius 1 is 1.30 bits per heavy atom. The third-order valence-electron chi connectivity index (χ3n) is 3.71. The zero-order valence-corrected chi connectivity index (χ0v) is 13.0. The first-order chi connectivity index (χ1) is 9.45. The van der Waals surface area contributed by atoms with E-state index in [4.69, 9.17) is 22.1 Å². The minimum atomic E-state index is 0.304. The first-order valence-corrected chi connectivity index (χ1v) is 7.01. The molecule has 0 aliphatic heterocycles. The maximum Gasteiger partial charge on any atom is 0.153 e. The van der Waals surface area contributed by atoms with Crippen molar-refractivity contribution in [2.45, 2.75) is 26.7 Å². The lowest BCUT2D eigenvalue weighted by molar-refractivity contribution is 0.416. The van der Waals surface area contributed by atoms with Crippen molar-refractivity contribution in [2.75, 3.05) is 12.8 Å². The minimum absolute atomic E-state index is 0.304. The third kappa shape index (κ3) is 2.61. The number of aromatic nitrogens is 2. The fraction of sp³-hybridized carbons (Fsp3) is 0.400. The Morgan fingerprint density at radius 3 is 2.60 bits per heavy atom. The Balaban J connectivity index is 2.63. The van der Waals surface area contributed by atoms with Crippen LogP contribution in [0.4, 0.5) is 5.82 Å². The van der Waals surface area contributed by atoms with Gasteiger partial charge in [-0.3, -0.25) is 5.10 Å². The van der Waals surface area contributed by atoms with Gasteiger partial charge < -0.3 is 10.5 Å². The molecule has 1 unspecified atom stereocenters. The Bertz CT molecular complexity index is 607. The fourth-order valence-electron chi connectivity index (χ4n) is 2.19. The van der Waals surface area contributed by atoms with Crippen molar-refractivity contribution in [3.8, 4) is 16.9 Å². The molecule has 2 rings (SSSR count). The lowest BCUT2D eigenvalue weighted by Gasteiger charge is -2.17. The summed E-state index contributed by atoms with van der Waals surface area (Å²) in [6, 6.07) is 5.50. The number of anilines is 1. The van der Waals surface area contributed by atoms with Crippen molar-refractivity contribution in [3.05, 3.63) is 28.9 Å². The number of benzene rings is 1. The number of hydrogen-bond donors (Lipinski definition) is 2. The van der Waals surface area contributed by atoms with Gasteiger partial charge in [0.15, 0.2) is 5.82 Å². The molecule has 1 aromatic heterocycles. The zero-order chi connectivity index (χ0) is 14.9. The van der Waals surface area contributed by atoms with E-state index in [0.29, 0.717) is 22.7 Å². The predicted molar refractivity (Wildman–Crippen MR) is 83.3 cm³/mol. The Morgan fingerprint density at radius 2 is 2.00 bits per heavy atom. The SMILES string of the molecule is COc1ccc(Cl)cc1-c1c(N)n[nH]c1C(C)C(C)C. The smallest absolute Gasteiger partial charge is 0.153 e. The maximum absolute atomic E-state index is 6.11. The zero-order valence-electron chi connectivity index (χ0n) is 12.2. The molecular formula is C15H20ClN3O. The van der Waals surface area contributed by atoms with E-state index in [1.807, 2.05) is 12.1 Å². The molecule has 0 bridgehead atoms. The summed E-state index contributed by atoms with van der Waals surface area (Å²) in [5.74, 6) is 1.98. The molecule has 0 fully saturated rings. The summed E-state index contributed by atoms with van der Waals surface area (Å²) in [6.07, 6.45) is 0. The lowest BCUT2D eigenvalue weighted by atomic mass is 9.90. The van der Waals surface area contributed by atoms with Crippen molar-refractivity contribution in [1.82, 2.24) is 10.2 Å². The fourth-order valence-corrected chi connectivity index (χ4v) is 2.36. The van der Waals surface area contributed by atoms with E-state index >= 15 is 0 Å². The molecule has 4 nitrogen and oxygen atoms in total. The molecular weight excluding hydrogens is 274 g/mol. The van der Waals surface area contributed by atoms with E-state index in [1.165, 1.54) is 0 Å². The van der Waals surface area contributed by atoms with Gasteiger partial charge in [0, 0.05) is 22.2 Å². The van der Waals surface area contributed by atoms with Crippen LogP contribution in [-0.2, 0) is 0 Å². The molecule has 0 aliphatic rings. The first-order valence-electron chi connectivity index (χ1n) is 6.63. The average molecular weight is 294 g/mol. The summed E-state index contributed by atoms with van der Waals surface area (Å²) in [6.45, 7) is 6.49. The number of rotatable bonds is 4. The van der Waals surface area contributed by atoms with Crippen LogP contribution in [-0.4, -0.2) is 17.3 Å². The quantitative estimate of drug-likeness (QED) is 0.892. The highest BCUT2D eigenvalue weighted by molar-refractivity contribution is 6.31. The van der Waals surface area contributed by atoms with Crippen molar-refractivity contribution in [3.63, 3.8) is 0 Å². The second kappa shape index (κ2) is 5.75. The number of methoxy groups -OCH3 is 1. The maximum atomic E-state index is 6.11. The number of halogens is 1. The van der Waals surface area contributed by atoms with Crippen LogP contribution in [0.25, 0.3) is 11.1 Å². The molecule has 0 saturated heterocycles. The van der Waals surface area contributed by atoms with Gasteiger partial charge in [0.1, 0.15) is 5.75 Å². The van der Waals surface area contributed by atoms with E-state index in [1.54, 1.807) is 13.2 Å². The standard InChI is InChI=1S/C15H20ClN3O/c1-8(2)9(3)14-13(15(17)19-18-14)11-7-10(16)5-6-12(11)20-4/h5-9H,1-4H3,(H3,17,18,19). The topological polar surface area (TPSA) is 63.9 Å². The predicted octanol–water partition coefficient (Wildman–Crippen LogP) is 4.08. The van der Waals surface area contributed by atoms with Gasteiger partial charge in [0.2, 0.25) is 0 Å². The van der Waals surface area contributed by atoms with Gasteiger partial charge >= 0.3 is 0 Å². The molecule has 3 N–H and O–H groups in total. The number of H-pyrrole nitrogens is 1. The van der Waals surface area contributed by atoms with E-state index in [0.717, 1.165) is 22.6 Å². The number of nitrogens with two attached hydrogens (primary N) is 1. The van der Waals surface area contributed by atoms with Crippen molar-refractivity contribution in [2.24, 2.45) is 5.92 Å². The number of hydrogen-bond acceptors (Lipinski definition) is 3. The molecule has 5 heteroatoms. The van der Waals surface area contributed by atoms with Gasteiger partial charge in [0.05, 0.1) is 12.7 Å². The molecule has 0 aliphatic carbocycles. The molecule has 0 spiro atoms. The van der Waals surface area contributed by atoms with E-state index in [2.05, 4.69) is 31.0 Å². The minimum Gasteiger partial charge on any atom is -0.496 e. The summed E-state index contributed by atoms with van der Waals surface area (Å²) >= 11 is 6.11. The van der Waals surface area contributed by atoms with Gasteiger partial charge in [-0.05, 0) is 24.1 Å². The normalized spacial score (nSPS) is 12.7. The monoisotopic (exact) mass is 293 g/mol. The Labute approximate surface area is 124 Å². The highest BCUT2D eigenvalue weighted by atomic mass is 35.5. The molecule has 1 heterocycles. The Kier molecular flexibility index (Phi) is 4.23. The summed E-state index contributed by atoms with van der Waals surface area (Å²) in [5.41, 5.74) is 8.81. The summed E-state index contributed by atoms with van der Waals surface area (Å²) in [5, 5.41) is 7.85. The van der Waals surface area contributed by atoms with Crippen LogP contribution in [0.3, 0.4) is 0 Å². The van der Waals surface area contributed by atoms with E-state index in [9.17, 15) is 0 Å². The molecule has 0 saturated carbocycles. The number of nitrogens with one attached hydrogen (secondary N) is 1. The number of nitrogen functional groups attached to an aromatic ring is 1. The molecule has 1 aromatic carbocycles. The molecule has 0 radical (unpaired) electrons. The van der Waals surface area contributed by atoms with Crippen LogP contribution < -0.4 is 10.5 Å². The number of nitrogens with zero attached hydrogens (tertiary/aromatic N) is 1.